The van der Waals surface area contributed by atoms with Crippen molar-refractivity contribution in [1.29, 1.82) is 0 Å². The molecule has 0 saturated carbocycles. The predicted octanol–water partition coefficient (Wildman–Crippen LogP) is 2.28. The molecule has 2 saturated heterocycles. The van der Waals surface area contributed by atoms with Gasteiger partial charge in [0.2, 0.25) is 11.8 Å². The van der Waals surface area contributed by atoms with Crippen LogP contribution in [-0.2, 0) is 27.4 Å². The number of hydrogen-bond donors (Lipinski definition) is 1. The molecule has 0 unspecified atom stereocenters. The van der Waals surface area contributed by atoms with Gasteiger partial charge in [-0.3, -0.25) is 9.59 Å². The van der Waals surface area contributed by atoms with E-state index < -0.39 is 17.4 Å². The first kappa shape index (κ1) is 20.0. The van der Waals surface area contributed by atoms with Gasteiger partial charge in [-0.15, -0.1) is 0 Å². The Morgan fingerprint density at radius 3 is 2.84 bits per heavy atom. The van der Waals surface area contributed by atoms with E-state index in [2.05, 4.69) is 42.0 Å². The van der Waals surface area contributed by atoms with Crippen LogP contribution >= 0.6 is 0 Å². The lowest BCUT2D eigenvalue weighted by molar-refractivity contribution is -0.143. The van der Waals surface area contributed by atoms with Gasteiger partial charge in [-0.2, -0.15) is 0 Å². The lowest BCUT2D eigenvalue weighted by Gasteiger charge is -2.27. The van der Waals surface area contributed by atoms with Crippen molar-refractivity contribution < 1.29 is 14.3 Å². The smallest absolute Gasteiger partial charge is 0.230 e. The van der Waals surface area contributed by atoms with Crippen molar-refractivity contribution in [2.45, 2.75) is 45.6 Å². The number of imidazole rings is 1. The Hall–Kier alpha value is -2.93. The number of H-pyrrole nitrogens is 1. The Labute approximate surface area is 182 Å². The average Bonchev–Trinajstić information content (AvgIpc) is 3.46. The van der Waals surface area contributed by atoms with Gasteiger partial charge in [-0.05, 0) is 37.5 Å². The van der Waals surface area contributed by atoms with Gasteiger partial charge >= 0.3 is 0 Å². The molecule has 4 atom stereocenters. The molecule has 2 bridgehead atoms. The zero-order valence-electron chi connectivity index (χ0n) is 18.4. The number of likely N-dealkylation sites (tertiary alicyclic amines) is 1. The van der Waals surface area contributed by atoms with E-state index in [1.165, 1.54) is 11.1 Å². The normalized spacial score (nSPS) is 28.5. The second kappa shape index (κ2) is 7.05. The van der Waals surface area contributed by atoms with Gasteiger partial charge in [0.05, 0.1) is 31.0 Å². The van der Waals surface area contributed by atoms with E-state index in [0.717, 1.165) is 17.1 Å². The average molecular weight is 421 g/mol. The van der Waals surface area contributed by atoms with Crippen LogP contribution in [0, 0.1) is 32.6 Å². The van der Waals surface area contributed by atoms with Crippen LogP contribution in [0.3, 0.4) is 0 Å². The number of aromatic amines is 1. The lowest BCUT2D eigenvalue weighted by Crippen LogP contribution is -2.44. The summed E-state index contributed by atoms with van der Waals surface area (Å²) in [5.74, 6) is -0.301. The highest BCUT2D eigenvalue weighted by molar-refractivity contribution is 5.93. The van der Waals surface area contributed by atoms with Gasteiger partial charge in [0.15, 0.2) is 0 Å². The fraction of sp³-hybridized carbons (Fsp3) is 0.458. The molecule has 7 heteroatoms. The van der Waals surface area contributed by atoms with Crippen molar-refractivity contribution in [1.82, 2.24) is 19.8 Å². The standard InChI is InChI=1S/C24H28N4O3/c1-14-5-6-17(9-15(14)2)11-28-13-24-8-7-18(31-24)20(21(24)23(28)30)22(29)27(4)12-19-25-10-16(3)26-19/h5-10,18,20-21H,11-13H2,1-4H3,(H,25,26)/t18-,20-,21-,24-/m0/s1. The summed E-state index contributed by atoms with van der Waals surface area (Å²) >= 11 is 0. The molecule has 1 aromatic carbocycles. The number of nitrogens with one attached hydrogen (secondary N) is 1. The largest absolute Gasteiger partial charge is 0.360 e. The maximum atomic E-state index is 13.4. The molecule has 162 valence electrons. The second-order valence-corrected chi connectivity index (χ2v) is 9.22. The van der Waals surface area contributed by atoms with Crippen molar-refractivity contribution in [3.05, 3.63) is 64.8 Å². The third-order valence-electron chi connectivity index (χ3n) is 6.93. The van der Waals surface area contributed by atoms with E-state index in [4.69, 9.17) is 4.74 Å². The fourth-order valence-corrected chi connectivity index (χ4v) is 5.22. The summed E-state index contributed by atoms with van der Waals surface area (Å²) in [5, 5.41) is 0. The van der Waals surface area contributed by atoms with E-state index >= 15 is 0 Å². The predicted molar refractivity (Wildman–Crippen MR) is 115 cm³/mol. The molecular weight excluding hydrogens is 392 g/mol. The first-order chi connectivity index (χ1) is 14.8. The van der Waals surface area contributed by atoms with Crippen molar-refractivity contribution in [2.75, 3.05) is 13.6 Å². The molecule has 1 aromatic heterocycles. The zero-order chi connectivity index (χ0) is 21.9. The molecule has 7 nitrogen and oxygen atoms in total. The molecule has 2 amide bonds. The summed E-state index contributed by atoms with van der Waals surface area (Å²) in [7, 11) is 1.76. The molecule has 0 aliphatic carbocycles. The lowest BCUT2D eigenvalue weighted by atomic mass is 9.76. The highest BCUT2D eigenvalue weighted by Gasteiger charge is 2.67. The van der Waals surface area contributed by atoms with Crippen molar-refractivity contribution in [2.24, 2.45) is 11.8 Å². The molecule has 3 aliphatic heterocycles. The first-order valence-corrected chi connectivity index (χ1v) is 10.7. The minimum absolute atomic E-state index is 0.00525. The Morgan fingerprint density at radius 1 is 1.32 bits per heavy atom. The van der Waals surface area contributed by atoms with Gasteiger partial charge in [0, 0.05) is 25.5 Å². The van der Waals surface area contributed by atoms with E-state index in [-0.39, 0.29) is 17.9 Å². The number of rotatable bonds is 5. The Kier molecular flexibility index (Phi) is 4.55. The second-order valence-electron chi connectivity index (χ2n) is 9.22. The molecule has 5 rings (SSSR count). The van der Waals surface area contributed by atoms with Crippen LogP contribution < -0.4 is 0 Å². The monoisotopic (exact) mass is 420 g/mol. The highest BCUT2D eigenvalue weighted by Crippen LogP contribution is 2.52. The molecule has 1 N–H and O–H groups in total. The highest BCUT2D eigenvalue weighted by atomic mass is 16.5. The molecule has 0 radical (unpaired) electrons. The molecule has 31 heavy (non-hydrogen) atoms. The van der Waals surface area contributed by atoms with Gasteiger partial charge in [-0.1, -0.05) is 30.4 Å². The number of aromatic nitrogens is 2. The van der Waals surface area contributed by atoms with Gasteiger partial charge < -0.3 is 19.5 Å². The fourth-order valence-electron chi connectivity index (χ4n) is 5.22. The van der Waals surface area contributed by atoms with Crippen LogP contribution in [0.15, 0.2) is 36.5 Å². The summed E-state index contributed by atoms with van der Waals surface area (Å²) < 4.78 is 6.26. The summed E-state index contributed by atoms with van der Waals surface area (Å²) in [5.41, 5.74) is 3.80. The Balaban J connectivity index is 1.35. The van der Waals surface area contributed by atoms with Crippen LogP contribution in [0.4, 0.5) is 0 Å². The van der Waals surface area contributed by atoms with Crippen molar-refractivity contribution in [3.63, 3.8) is 0 Å². The minimum Gasteiger partial charge on any atom is -0.360 e. The maximum Gasteiger partial charge on any atom is 0.230 e. The van der Waals surface area contributed by atoms with Gasteiger partial charge in [0.25, 0.3) is 0 Å². The molecule has 4 heterocycles. The molecule has 2 fully saturated rings. The van der Waals surface area contributed by atoms with E-state index in [9.17, 15) is 9.59 Å². The topological polar surface area (TPSA) is 78.5 Å². The van der Waals surface area contributed by atoms with E-state index in [0.29, 0.717) is 19.6 Å². The van der Waals surface area contributed by atoms with Crippen LogP contribution in [-0.4, -0.2) is 56.9 Å². The Morgan fingerprint density at radius 2 is 2.13 bits per heavy atom. The number of carbonyl (C=O) groups is 2. The van der Waals surface area contributed by atoms with Crippen LogP contribution in [0.25, 0.3) is 0 Å². The summed E-state index contributed by atoms with van der Waals surface area (Å²) in [6, 6.07) is 6.28. The number of aryl methyl sites for hydroxylation is 3. The van der Waals surface area contributed by atoms with E-state index in [1.54, 1.807) is 18.1 Å². The van der Waals surface area contributed by atoms with E-state index in [1.807, 2.05) is 24.0 Å². The molecule has 3 aliphatic rings. The number of nitrogens with zero attached hydrogens (tertiary/aromatic N) is 3. The summed E-state index contributed by atoms with van der Waals surface area (Å²) in [6.07, 6.45) is 5.36. The quantitative estimate of drug-likeness (QED) is 0.753. The number of fused-ring (bicyclic) bond motifs is 1. The van der Waals surface area contributed by atoms with Crippen LogP contribution in [0.1, 0.15) is 28.2 Å². The first-order valence-electron chi connectivity index (χ1n) is 10.7. The van der Waals surface area contributed by atoms with Gasteiger partial charge in [0.1, 0.15) is 11.4 Å². The van der Waals surface area contributed by atoms with Crippen LogP contribution in [0.5, 0.6) is 0 Å². The number of benzene rings is 1. The third-order valence-corrected chi connectivity index (χ3v) is 6.93. The molecule has 2 aromatic rings. The molecule has 1 spiro atoms. The minimum atomic E-state index is -0.691. The summed E-state index contributed by atoms with van der Waals surface area (Å²) in [6.45, 7) is 7.48. The number of ether oxygens (including phenoxy) is 1. The zero-order valence-corrected chi connectivity index (χ0v) is 18.4. The molecular formula is C24H28N4O3. The number of amides is 2. The number of carbonyl (C=O) groups excluding carboxylic acids is 2. The van der Waals surface area contributed by atoms with Crippen LogP contribution in [0.2, 0.25) is 0 Å². The van der Waals surface area contributed by atoms with Crippen molar-refractivity contribution in [3.8, 4) is 0 Å². The number of hydrogen-bond acceptors (Lipinski definition) is 4. The SMILES string of the molecule is Cc1cnc(CN(C)C(=O)[C@H]2[C@@H]3C=C[C@@]4(CN(Cc5ccc(C)c(C)c5)C(=O)[C@H]24)O3)[nH]1. The van der Waals surface area contributed by atoms with Crippen molar-refractivity contribution >= 4 is 11.8 Å². The Bertz CT molecular complexity index is 1090. The third kappa shape index (κ3) is 3.19. The maximum absolute atomic E-state index is 13.4. The van der Waals surface area contributed by atoms with Gasteiger partial charge in [-0.25, -0.2) is 4.98 Å². The summed E-state index contributed by atoms with van der Waals surface area (Å²) in [4.78, 5) is 37.8.